The summed E-state index contributed by atoms with van der Waals surface area (Å²) in [6.07, 6.45) is 2.42. The minimum Gasteiger partial charge on any atom is -0.322 e. The molecule has 0 saturated carbocycles. The fraction of sp³-hybridized carbons (Fsp3) is 0.833. The predicted molar refractivity (Wildman–Crippen MR) is 99.9 cm³/mol. The molecule has 0 bridgehead atoms. The minimum atomic E-state index is -1.45. The summed E-state index contributed by atoms with van der Waals surface area (Å²) in [6.45, 7) is 16.6. The number of thioether (sulfide) groups is 1. The Morgan fingerprint density at radius 2 is 1.68 bits per heavy atom. The molecule has 3 nitrogen and oxygen atoms in total. The summed E-state index contributed by atoms with van der Waals surface area (Å²) in [7, 11) is -4.06. The van der Waals surface area contributed by atoms with Gasteiger partial charge in [-0.25, -0.2) is 4.40 Å². The van der Waals surface area contributed by atoms with E-state index in [9.17, 15) is 0 Å². The van der Waals surface area contributed by atoms with E-state index in [2.05, 4.69) is 50.9 Å². The van der Waals surface area contributed by atoms with Gasteiger partial charge in [0, 0.05) is 0 Å². The zero-order chi connectivity index (χ0) is 14.9. The summed E-state index contributed by atoms with van der Waals surface area (Å²) < 4.78 is 8.76. The predicted octanol–water partition coefficient (Wildman–Crippen LogP) is 4.80. The summed E-state index contributed by atoms with van der Waals surface area (Å²) in [5.41, 5.74) is 0. The Morgan fingerprint density at radius 3 is 2.05 bits per heavy atom. The molecule has 0 aromatic heterocycles. The summed E-state index contributed by atoms with van der Waals surface area (Å²) in [5.74, 6) is 1.69. The van der Waals surface area contributed by atoms with Gasteiger partial charge in [-0.05, 0) is 12.2 Å². The maximum Gasteiger partial charge on any atom is 0.161 e. The molecular formula is C12H29N3S2Si2. The van der Waals surface area contributed by atoms with Crippen LogP contribution in [0.1, 0.15) is 19.8 Å². The van der Waals surface area contributed by atoms with Crippen molar-refractivity contribution in [3.8, 4) is 0 Å². The molecule has 112 valence electrons. The number of unbranched alkanes of at least 4 members (excludes halogenated alkanes) is 1. The molecule has 1 aliphatic heterocycles. The van der Waals surface area contributed by atoms with E-state index in [0.29, 0.717) is 5.84 Å². The molecule has 0 atom stereocenters. The van der Waals surface area contributed by atoms with Crippen LogP contribution < -0.4 is 4.72 Å². The van der Waals surface area contributed by atoms with Gasteiger partial charge in [-0.1, -0.05) is 52.6 Å². The molecule has 1 aliphatic rings. The lowest BCUT2D eigenvalue weighted by Crippen LogP contribution is -2.49. The van der Waals surface area contributed by atoms with E-state index in [1.807, 2.05) is 0 Å². The topological polar surface area (TPSA) is 48.2 Å². The average Bonchev–Trinajstić information content (AvgIpc) is 2.56. The third kappa shape index (κ3) is 3.48. The normalized spacial score (nSPS) is 21.0. The molecule has 0 radical (unpaired) electrons. The second-order valence-electron chi connectivity index (χ2n) is 6.88. The van der Waals surface area contributed by atoms with Crippen molar-refractivity contribution in [2.75, 3.05) is 5.75 Å². The van der Waals surface area contributed by atoms with E-state index in [1.165, 1.54) is 12.8 Å². The number of amidine groups is 1. The van der Waals surface area contributed by atoms with E-state index in [-0.39, 0.29) is 0 Å². The maximum atomic E-state index is 8.26. The monoisotopic (exact) mass is 335 g/mol. The molecular weight excluding hydrogens is 306 g/mol. The summed E-state index contributed by atoms with van der Waals surface area (Å²) >= 11 is 1.78. The number of rotatable bonds is 5. The van der Waals surface area contributed by atoms with E-state index in [1.54, 1.807) is 11.8 Å². The second kappa shape index (κ2) is 5.95. The van der Waals surface area contributed by atoms with Crippen LogP contribution in [0.3, 0.4) is 0 Å². The van der Waals surface area contributed by atoms with Crippen LogP contribution in [0.2, 0.25) is 39.3 Å². The first kappa shape index (κ1) is 17.3. The first-order chi connectivity index (χ1) is 8.55. The highest BCUT2D eigenvalue weighted by Crippen LogP contribution is 2.64. The van der Waals surface area contributed by atoms with Gasteiger partial charge >= 0.3 is 0 Å². The van der Waals surface area contributed by atoms with Gasteiger partial charge in [-0.2, -0.15) is 0 Å². The SMILES string of the molecule is CCCCSC1=NS([Si](C)(C)C)([Si](C)(C)C)NC1=N. The molecule has 2 N–H and O–H groups in total. The van der Waals surface area contributed by atoms with Crippen molar-refractivity contribution >= 4 is 46.4 Å². The molecule has 0 aromatic carbocycles. The number of nitrogens with one attached hydrogen (secondary N) is 2. The van der Waals surface area contributed by atoms with Crippen molar-refractivity contribution < 1.29 is 0 Å². The summed E-state index contributed by atoms with van der Waals surface area (Å²) in [6, 6.07) is 0. The van der Waals surface area contributed by atoms with Crippen LogP contribution in [-0.4, -0.2) is 31.1 Å². The first-order valence-corrected chi connectivity index (χ1v) is 18.0. The Kier molecular flexibility index (Phi) is 5.43. The molecule has 0 amide bonds. The van der Waals surface area contributed by atoms with Gasteiger partial charge in [0.25, 0.3) is 0 Å². The lowest BCUT2D eigenvalue weighted by Gasteiger charge is -2.51. The van der Waals surface area contributed by atoms with Crippen LogP contribution in [0.25, 0.3) is 0 Å². The fourth-order valence-electron chi connectivity index (χ4n) is 2.29. The van der Waals surface area contributed by atoms with Gasteiger partial charge in [0.2, 0.25) is 0 Å². The van der Waals surface area contributed by atoms with Gasteiger partial charge < -0.3 is 4.72 Å². The molecule has 19 heavy (non-hydrogen) atoms. The highest BCUT2D eigenvalue weighted by molar-refractivity contribution is 8.73. The quantitative estimate of drug-likeness (QED) is 0.560. The second-order valence-corrected chi connectivity index (χ2v) is 30.1. The molecule has 0 unspecified atom stereocenters. The van der Waals surface area contributed by atoms with E-state index >= 15 is 0 Å². The zero-order valence-electron chi connectivity index (χ0n) is 13.4. The van der Waals surface area contributed by atoms with Crippen molar-refractivity contribution in [2.45, 2.75) is 59.0 Å². The van der Waals surface area contributed by atoms with Crippen LogP contribution in [0.5, 0.6) is 0 Å². The van der Waals surface area contributed by atoms with Gasteiger partial charge in [-0.3, -0.25) is 5.41 Å². The zero-order valence-corrected chi connectivity index (χ0v) is 17.0. The van der Waals surface area contributed by atoms with Gasteiger partial charge in [-0.15, -0.1) is 21.1 Å². The molecule has 0 spiro atoms. The third-order valence-electron chi connectivity index (χ3n) is 3.19. The van der Waals surface area contributed by atoms with Crippen molar-refractivity contribution in [3.05, 3.63) is 0 Å². The van der Waals surface area contributed by atoms with Crippen LogP contribution in [0.4, 0.5) is 0 Å². The third-order valence-corrected chi connectivity index (χ3v) is 31.7. The van der Waals surface area contributed by atoms with E-state index in [0.717, 1.165) is 10.8 Å². The molecule has 0 aromatic rings. The van der Waals surface area contributed by atoms with Crippen LogP contribution in [0, 0.1) is 5.41 Å². The largest absolute Gasteiger partial charge is 0.322 e. The highest BCUT2D eigenvalue weighted by atomic mass is 32.6. The summed E-state index contributed by atoms with van der Waals surface area (Å²) in [5, 5.41) is 9.24. The van der Waals surface area contributed by atoms with E-state index < -0.39 is 23.7 Å². The average molecular weight is 336 g/mol. The Labute approximate surface area is 125 Å². The Hall–Kier alpha value is 0.274. The molecule has 0 saturated heterocycles. The number of hydrogen-bond acceptors (Lipinski definition) is 3. The molecule has 0 aliphatic carbocycles. The van der Waals surface area contributed by atoms with Crippen LogP contribution in [0.15, 0.2) is 4.40 Å². The van der Waals surface area contributed by atoms with Crippen molar-refractivity contribution in [3.63, 3.8) is 0 Å². The lowest BCUT2D eigenvalue weighted by molar-refractivity contribution is 0.898. The van der Waals surface area contributed by atoms with Crippen molar-refractivity contribution in [1.29, 1.82) is 5.41 Å². The van der Waals surface area contributed by atoms with Gasteiger partial charge in [0.05, 0.1) is 0 Å². The van der Waals surface area contributed by atoms with E-state index in [4.69, 9.17) is 9.81 Å². The minimum absolute atomic E-state index is 0.598. The Bertz CT molecular complexity index is 369. The van der Waals surface area contributed by atoms with Crippen molar-refractivity contribution in [2.24, 2.45) is 4.40 Å². The first-order valence-electron chi connectivity index (χ1n) is 6.97. The van der Waals surface area contributed by atoms with Gasteiger partial charge in [0.1, 0.15) is 19.5 Å². The van der Waals surface area contributed by atoms with Crippen molar-refractivity contribution in [1.82, 2.24) is 4.72 Å². The van der Waals surface area contributed by atoms with Gasteiger partial charge in [0.15, 0.2) is 5.84 Å². The Morgan fingerprint density at radius 1 is 1.16 bits per heavy atom. The maximum absolute atomic E-state index is 8.26. The lowest BCUT2D eigenvalue weighted by atomic mass is 10.4. The Balaban J connectivity index is 3.07. The molecule has 1 heterocycles. The van der Waals surface area contributed by atoms with Crippen LogP contribution in [-0.2, 0) is 0 Å². The standard InChI is InChI=1S/C12H29N3S2Si2/c1-8-9-10-16-12-11(13)14-17(15-12,18(2,3)4)19(5,6)7/h8-10H2,1-7H3,(H2,13,14). The summed E-state index contributed by atoms with van der Waals surface area (Å²) in [4.78, 5) is 0. The smallest absolute Gasteiger partial charge is 0.161 e. The highest BCUT2D eigenvalue weighted by Gasteiger charge is 2.52. The molecule has 7 heteroatoms. The number of nitrogens with zero attached hydrogens (tertiary/aromatic N) is 1. The fourth-order valence-corrected chi connectivity index (χ4v) is 34.6. The molecule has 0 fully saturated rings. The van der Waals surface area contributed by atoms with Crippen LogP contribution >= 0.6 is 21.1 Å². The molecule has 1 rings (SSSR count). The number of hydrogen-bond donors (Lipinski definition) is 2.